The van der Waals surface area contributed by atoms with Gasteiger partial charge in [0.1, 0.15) is 0 Å². The molecule has 28 heavy (non-hydrogen) atoms. The van der Waals surface area contributed by atoms with Gasteiger partial charge in [0.2, 0.25) is 23.6 Å². The fourth-order valence-corrected chi connectivity index (χ4v) is 5.20. The molecule has 0 spiro atoms. The van der Waals surface area contributed by atoms with Crippen LogP contribution in [0, 0.1) is 35.5 Å². The molecule has 148 valence electrons. The molecule has 0 aromatic heterocycles. The minimum atomic E-state index is -1.39. The number of amides is 4. The molecule has 10 nitrogen and oxygen atoms in total. The smallest absolute Gasteiger partial charge is 0.233 e. The third-order valence-corrected chi connectivity index (χ3v) is 6.27. The van der Waals surface area contributed by atoms with Crippen molar-refractivity contribution in [2.24, 2.45) is 35.5 Å². The predicted molar refractivity (Wildman–Crippen MR) is 82.8 cm³/mol. The standard InChI is InChI=1S/C18H18N2O8/c21-9(22)3-5-19-15(25)11-7-1-2-8(13(11)17(19)27)14-12(7)16(26)20(18(14)28)6-4-10(23)24/h1-2,7-8,11-14H,3-6H2,(H,21,22)(H,23,24)/p-2/t7?,8?,11-,12+,13-,14+. The highest BCUT2D eigenvalue weighted by Gasteiger charge is 2.68. The van der Waals surface area contributed by atoms with Crippen LogP contribution in [0.15, 0.2) is 12.2 Å². The maximum absolute atomic E-state index is 12.8. The van der Waals surface area contributed by atoms with Crippen molar-refractivity contribution >= 4 is 35.6 Å². The van der Waals surface area contributed by atoms with Gasteiger partial charge >= 0.3 is 0 Å². The molecular formula is C18H16N2O8-2. The molecule has 0 aromatic carbocycles. The second-order valence-corrected chi connectivity index (χ2v) is 7.54. The molecule has 0 radical (unpaired) electrons. The Morgan fingerprint density at radius 3 is 1.21 bits per heavy atom. The number of nitrogens with zero attached hydrogens (tertiary/aromatic N) is 2. The van der Waals surface area contributed by atoms with Crippen LogP contribution in [0.5, 0.6) is 0 Å². The van der Waals surface area contributed by atoms with E-state index in [9.17, 15) is 39.0 Å². The van der Waals surface area contributed by atoms with Crippen LogP contribution in [0.2, 0.25) is 0 Å². The molecule has 3 fully saturated rings. The average molecular weight is 388 g/mol. The number of imide groups is 2. The fraction of sp³-hybridized carbons (Fsp3) is 0.556. The zero-order valence-corrected chi connectivity index (χ0v) is 14.6. The zero-order valence-electron chi connectivity index (χ0n) is 14.6. The molecule has 3 aliphatic carbocycles. The van der Waals surface area contributed by atoms with Gasteiger partial charge in [0.25, 0.3) is 0 Å². The average Bonchev–Trinajstić information content (AvgIpc) is 3.06. The van der Waals surface area contributed by atoms with Crippen LogP contribution in [0.3, 0.4) is 0 Å². The lowest BCUT2D eigenvalue weighted by molar-refractivity contribution is -0.307. The van der Waals surface area contributed by atoms with E-state index in [0.717, 1.165) is 9.80 Å². The van der Waals surface area contributed by atoms with Crippen molar-refractivity contribution < 1.29 is 39.0 Å². The Hall–Kier alpha value is -3.04. The van der Waals surface area contributed by atoms with E-state index in [0.29, 0.717) is 0 Å². The monoisotopic (exact) mass is 388 g/mol. The minimum Gasteiger partial charge on any atom is -0.550 e. The van der Waals surface area contributed by atoms with Gasteiger partial charge in [-0.1, -0.05) is 12.2 Å². The van der Waals surface area contributed by atoms with Crippen LogP contribution in [0.1, 0.15) is 12.8 Å². The fourth-order valence-electron chi connectivity index (χ4n) is 5.20. The summed E-state index contributed by atoms with van der Waals surface area (Å²) >= 11 is 0. The summed E-state index contributed by atoms with van der Waals surface area (Å²) in [5, 5.41) is 21.4. The Kier molecular flexibility index (Phi) is 4.09. The van der Waals surface area contributed by atoms with Crippen molar-refractivity contribution in [1.82, 2.24) is 9.80 Å². The molecule has 2 bridgehead atoms. The van der Waals surface area contributed by atoms with Gasteiger partial charge in [-0.05, 0) is 0 Å². The van der Waals surface area contributed by atoms with Crippen LogP contribution < -0.4 is 10.2 Å². The molecule has 4 amide bonds. The van der Waals surface area contributed by atoms with Crippen LogP contribution in [-0.2, 0) is 28.8 Å². The van der Waals surface area contributed by atoms with Crippen molar-refractivity contribution in [1.29, 1.82) is 0 Å². The van der Waals surface area contributed by atoms with Crippen LogP contribution in [-0.4, -0.2) is 58.5 Å². The molecule has 2 unspecified atom stereocenters. The van der Waals surface area contributed by atoms with Gasteiger partial charge in [0.05, 0.1) is 23.7 Å². The first-order valence-electron chi connectivity index (χ1n) is 9.02. The van der Waals surface area contributed by atoms with Crippen LogP contribution >= 0.6 is 0 Å². The lowest BCUT2D eigenvalue weighted by Crippen LogP contribution is -2.50. The molecule has 2 heterocycles. The van der Waals surface area contributed by atoms with Gasteiger partial charge in [0.15, 0.2) is 0 Å². The molecule has 6 atom stereocenters. The molecule has 0 aromatic rings. The van der Waals surface area contributed by atoms with Gasteiger partial charge in [-0.3, -0.25) is 29.0 Å². The van der Waals surface area contributed by atoms with Gasteiger partial charge in [0, 0.05) is 49.7 Å². The maximum Gasteiger partial charge on any atom is 0.233 e. The Balaban J connectivity index is 1.63. The second kappa shape index (κ2) is 6.25. The molecule has 2 saturated heterocycles. The summed E-state index contributed by atoms with van der Waals surface area (Å²) < 4.78 is 0. The molecule has 5 rings (SSSR count). The number of rotatable bonds is 6. The van der Waals surface area contributed by atoms with Crippen molar-refractivity contribution in [3.05, 3.63) is 12.2 Å². The van der Waals surface area contributed by atoms with Crippen molar-refractivity contribution in [2.45, 2.75) is 12.8 Å². The third-order valence-electron chi connectivity index (χ3n) is 6.27. The largest absolute Gasteiger partial charge is 0.550 e. The number of carbonyl (C=O) groups is 6. The lowest BCUT2D eigenvalue weighted by atomic mass is 9.54. The number of carbonyl (C=O) groups excluding carboxylic acids is 6. The molecule has 10 heteroatoms. The second-order valence-electron chi connectivity index (χ2n) is 7.54. The normalized spacial score (nSPS) is 35.6. The van der Waals surface area contributed by atoms with Crippen LogP contribution in [0.4, 0.5) is 0 Å². The number of allylic oxidation sites excluding steroid dienone is 2. The molecule has 1 saturated carbocycles. The number of hydrogen-bond donors (Lipinski definition) is 0. The highest BCUT2D eigenvalue weighted by molar-refractivity contribution is 6.11. The van der Waals surface area contributed by atoms with Crippen molar-refractivity contribution in [3.8, 4) is 0 Å². The SMILES string of the molecule is O=C([O-])CCN1C(=O)[C@@H]2C3C=CC([C@H]2C1=O)[C@@H]1C(=O)N(CCC(=O)[O-])C(=O)[C@@H]31. The number of carboxylic acid groups (broad SMARTS) is 2. The van der Waals surface area contributed by atoms with Crippen molar-refractivity contribution in [3.63, 3.8) is 0 Å². The van der Waals surface area contributed by atoms with E-state index in [4.69, 9.17) is 0 Å². The maximum atomic E-state index is 12.8. The van der Waals surface area contributed by atoms with E-state index in [2.05, 4.69) is 0 Å². The molecule has 0 N–H and O–H groups in total. The van der Waals surface area contributed by atoms with E-state index in [1.165, 1.54) is 0 Å². The number of aliphatic carboxylic acids is 2. The summed E-state index contributed by atoms with van der Waals surface area (Å²) in [7, 11) is 0. The summed E-state index contributed by atoms with van der Waals surface area (Å²) in [6.07, 6.45) is 2.38. The highest BCUT2D eigenvalue weighted by atomic mass is 16.4. The van der Waals surface area contributed by atoms with Gasteiger partial charge in [-0.25, -0.2) is 0 Å². The first-order chi connectivity index (χ1) is 13.2. The first-order valence-corrected chi connectivity index (χ1v) is 9.02. The Morgan fingerprint density at radius 1 is 0.679 bits per heavy atom. The summed E-state index contributed by atoms with van der Waals surface area (Å²) in [4.78, 5) is 74.3. The summed E-state index contributed by atoms with van der Waals surface area (Å²) in [6, 6.07) is 0. The number of likely N-dealkylation sites (tertiary alicyclic amines) is 2. The Morgan fingerprint density at radius 2 is 0.964 bits per heavy atom. The number of hydrogen-bond acceptors (Lipinski definition) is 8. The van der Waals surface area contributed by atoms with E-state index in [1.54, 1.807) is 12.2 Å². The topological polar surface area (TPSA) is 155 Å². The highest BCUT2D eigenvalue weighted by Crippen LogP contribution is 2.57. The minimum absolute atomic E-state index is 0.304. The zero-order chi connectivity index (χ0) is 20.3. The predicted octanol–water partition coefficient (Wildman–Crippen LogP) is -3.72. The summed E-state index contributed by atoms with van der Waals surface area (Å²) in [6.45, 7) is -0.608. The van der Waals surface area contributed by atoms with E-state index < -0.39 is 83.9 Å². The quantitative estimate of drug-likeness (QED) is 0.332. The first kappa shape index (κ1) is 18.3. The van der Waals surface area contributed by atoms with E-state index in [1.807, 2.05) is 0 Å². The van der Waals surface area contributed by atoms with Gasteiger partial charge in [-0.15, -0.1) is 0 Å². The third kappa shape index (κ3) is 2.40. The van der Waals surface area contributed by atoms with E-state index in [-0.39, 0.29) is 13.1 Å². The van der Waals surface area contributed by atoms with E-state index >= 15 is 0 Å². The summed E-state index contributed by atoms with van der Waals surface area (Å²) in [5.41, 5.74) is 0. The van der Waals surface area contributed by atoms with Crippen molar-refractivity contribution in [2.75, 3.05) is 13.1 Å². The lowest BCUT2D eigenvalue weighted by Gasteiger charge is -2.44. The molecule has 5 aliphatic rings. The number of carboxylic acids is 2. The summed E-state index contributed by atoms with van der Waals surface area (Å²) in [5.74, 6) is -9.51. The molecular weight excluding hydrogens is 372 g/mol. The van der Waals surface area contributed by atoms with Gasteiger partial charge < -0.3 is 19.8 Å². The van der Waals surface area contributed by atoms with Gasteiger partial charge in [-0.2, -0.15) is 0 Å². The molecule has 2 aliphatic heterocycles. The Labute approximate surface area is 158 Å². The Bertz CT molecular complexity index is 737. The van der Waals surface area contributed by atoms with Crippen LogP contribution in [0.25, 0.3) is 0 Å².